The van der Waals surface area contributed by atoms with Crippen LogP contribution in [0, 0.1) is 0 Å². The minimum Gasteiger partial charge on any atom is -0.379 e. The van der Waals surface area contributed by atoms with Crippen LogP contribution >= 0.6 is 0 Å². The van der Waals surface area contributed by atoms with E-state index in [1.807, 2.05) is 63.2 Å². The summed E-state index contributed by atoms with van der Waals surface area (Å²) in [6.45, 7) is 9.76. The molecule has 1 aromatic heterocycles. The molecule has 0 bridgehead atoms. The Morgan fingerprint density at radius 1 is 0.974 bits per heavy atom. The zero-order valence-corrected chi connectivity index (χ0v) is 22.8. The van der Waals surface area contributed by atoms with E-state index in [0.29, 0.717) is 5.95 Å². The number of morpholine rings is 1. The highest BCUT2D eigenvalue weighted by molar-refractivity contribution is 7.89. The summed E-state index contributed by atoms with van der Waals surface area (Å²) in [7, 11) is -3.61. The summed E-state index contributed by atoms with van der Waals surface area (Å²) in [6.07, 6.45) is 1.80. The lowest BCUT2D eigenvalue weighted by atomic mass is 10.0. The van der Waals surface area contributed by atoms with Gasteiger partial charge >= 0.3 is 0 Å². The Morgan fingerprint density at radius 3 is 2.45 bits per heavy atom. The number of nitrogens with zero attached hydrogens (tertiary/aromatic N) is 3. The molecule has 0 saturated carbocycles. The van der Waals surface area contributed by atoms with Crippen molar-refractivity contribution < 1.29 is 13.2 Å². The smallest absolute Gasteiger partial charge is 0.241 e. The predicted octanol–water partition coefficient (Wildman–Crippen LogP) is 4.95. The van der Waals surface area contributed by atoms with Crippen LogP contribution in [-0.4, -0.2) is 55.1 Å². The maximum absolute atomic E-state index is 12.7. The van der Waals surface area contributed by atoms with Gasteiger partial charge in [-0.1, -0.05) is 42.5 Å². The lowest BCUT2D eigenvalue weighted by molar-refractivity contribution is 0.0342. The highest BCUT2D eigenvalue weighted by atomic mass is 32.2. The van der Waals surface area contributed by atoms with Gasteiger partial charge in [0.05, 0.1) is 23.6 Å². The van der Waals surface area contributed by atoms with E-state index >= 15 is 0 Å². The molecule has 0 radical (unpaired) electrons. The van der Waals surface area contributed by atoms with Gasteiger partial charge in [-0.2, -0.15) is 0 Å². The van der Waals surface area contributed by atoms with E-state index in [-0.39, 0.29) is 4.90 Å². The SMILES string of the molecule is CC(C)(C)NS(=O)(=O)c1ccc(-c2cccc3cnc(Nc4cccc(CN5CCOCC5)c4)nc23)cc1. The van der Waals surface area contributed by atoms with Gasteiger partial charge in [-0.25, -0.2) is 23.1 Å². The fourth-order valence-corrected chi connectivity index (χ4v) is 5.94. The maximum atomic E-state index is 12.7. The van der Waals surface area contributed by atoms with Gasteiger partial charge in [-0.15, -0.1) is 0 Å². The lowest BCUT2D eigenvalue weighted by Crippen LogP contribution is -2.40. The van der Waals surface area contributed by atoms with Gasteiger partial charge in [-0.3, -0.25) is 4.90 Å². The van der Waals surface area contributed by atoms with Crippen LogP contribution in [0.3, 0.4) is 0 Å². The second-order valence-electron chi connectivity index (χ2n) is 10.5. The van der Waals surface area contributed by atoms with Gasteiger partial charge < -0.3 is 10.1 Å². The number of aromatic nitrogens is 2. The van der Waals surface area contributed by atoms with E-state index < -0.39 is 15.6 Å². The molecule has 198 valence electrons. The standard InChI is InChI=1S/C29H33N5O3S/c1-29(2,3)33-38(35,36)25-12-10-22(11-13-25)26-9-5-7-23-19-30-28(32-27(23)26)31-24-8-4-6-21(18-24)20-34-14-16-37-17-15-34/h4-13,18-19,33H,14-17,20H2,1-3H3,(H,30,31,32). The molecule has 4 aromatic rings. The van der Waals surface area contributed by atoms with Crippen LogP contribution in [0.25, 0.3) is 22.0 Å². The molecule has 38 heavy (non-hydrogen) atoms. The molecule has 1 saturated heterocycles. The van der Waals surface area contributed by atoms with Gasteiger partial charge in [0.15, 0.2) is 0 Å². The average Bonchev–Trinajstić information content (AvgIpc) is 2.88. The molecule has 1 aliphatic rings. The molecule has 1 aliphatic heterocycles. The molecule has 1 fully saturated rings. The van der Waals surface area contributed by atoms with Crippen molar-refractivity contribution in [2.75, 3.05) is 31.6 Å². The summed E-state index contributed by atoms with van der Waals surface area (Å²) in [5.74, 6) is 0.502. The van der Waals surface area contributed by atoms with Gasteiger partial charge in [-0.05, 0) is 56.2 Å². The Morgan fingerprint density at radius 2 is 1.71 bits per heavy atom. The molecular formula is C29H33N5O3S. The number of hydrogen-bond donors (Lipinski definition) is 2. The van der Waals surface area contributed by atoms with Crippen molar-refractivity contribution in [1.82, 2.24) is 19.6 Å². The minimum absolute atomic E-state index is 0.227. The molecule has 3 aromatic carbocycles. The molecule has 0 aliphatic carbocycles. The predicted molar refractivity (Wildman–Crippen MR) is 151 cm³/mol. The van der Waals surface area contributed by atoms with Crippen molar-refractivity contribution in [2.24, 2.45) is 0 Å². The fourth-order valence-electron chi connectivity index (χ4n) is 4.52. The Labute approximate surface area is 224 Å². The molecule has 2 heterocycles. The van der Waals surface area contributed by atoms with Crippen molar-refractivity contribution in [3.05, 3.63) is 78.5 Å². The third-order valence-electron chi connectivity index (χ3n) is 6.22. The molecule has 0 spiro atoms. The van der Waals surface area contributed by atoms with E-state index in [4.69, 9.17) is 9.72 Å². The largest absolute Gasteiger partial charge is 0.379 e. The molecule has 0 atom stereocenters. The van der Waals surface area contributed by atoms with Crippen LogP contribution in [0.2, 0.25) is 0 Å². The number of anilines is 2. The van der Waals surface area contributed by atoms with Crippen LogP contribution in [0.5, 0.6) is 0 Å². The number of para-hydroxylation sites is 1. The molecule has 0 unspecified atom stereocenters. The Kier molecular flexibility index (Phi) is 7.45. The molecule has 8 nitrogen and oxygen atoms in total. The Bertz CT molecular complexity index is 1530. The van der Waals surface area contributed by atoms with Crippen LogP contribution in [0.4, 0.5) is 11.6 Å². The number of sulfonamides is 1. The third kappa shape index (κ3) is 6.36. The first kappa shape index (κ1) is 26.2. The first-order valence-corrected chi connectivity index (χ1v) is 14.2. The van der Waals surface area contributed by atoms with Gasteiger partial charge in [0.1, 0.15) is 0 Å². The van der Waals surface area contributed by atoms with Crippen LogP contribution in [0.1, 0.15) is 26.3 Å². The summed E-state index contributed by atoms with van der Waals surface area (Å²) in [5, 5.41) is 4.25. The second-order valence-corrected chi connectivity index (χ2v) is 12.2. The number of rotatable bonds is 7. The lowest BCUT2D eigenvalue weighted by Gasteiger charge is -2.26. The third-order valence-corrected chi connectivity index (χ3v) is 7.99. The zero-order valence-electron chi connectivity index (χ0n) is 21.9. The normalized spacial score (nSPS) is 15.0. The van der Waals surface area contributed by atoms with Crippen molar-refractivity contribution in [3.63, 3.8) is 0 Å². The summed E-state index contributed by atoms with van der Waals surface area (Å²) < 4.78 is 33.6. The first-order valence-electron chi connectivity index (χ1n) is 12.7. The molecule has 9 heteroatoms. The molecular weight excluding hydrogens is 498 g/mol. The van der Waals surface area contributed by atoms with E-state index in [1.54, 1.807) is 18.3 Å². The molecule has 0 amide bonds. The summed E-state index contributed by atoms with van der Waals surface area (Å²) in [6, 6.07) is 21.1. The zero-order chi connectivity index (χ0) is 26.8. The molecule has 2 N–H and O–H groups in total. The number of nitrogens with one attached hydrogen (secondary N) is 2. The maximum Gasteiger partial charge on any atom is 0.241 e. The summed E-state index contributed by atoms with van der Waals surface area (Å²) >= 11 is 0. The number of fused-ring (bicyclic) bond motifs is 1. The van der Waals surface area contributed by atoms with E-state index in [0.717, 1.165) is 60.6 Å². The first-order chi connectivity index (χ1) is 18.2. The van der Waals surface area contributed by atoms with E-state index in [2.05, 4.69) is 32.1 Å². The van der Waals surface area contributed by atoms with E-state index in [9.17, 15) is 8.42 Å². The van der Waals surface area contributed by atoms with Crippen molar-refractivity contribution in [3.8, 4) is 11.1 Å². The number of ether oxygens (including phenoxy) is 1. The Balaban J connectivity index is 1.39. The van der Waals surface area contributed by atoms with Crippen molar-refractivity contribution in [2.45, 2.75) is 37.8 Å². The monoisotopic (exact) mass is 531 g/mol. The van der Waals surface area contributed by atoms with Gasteiger partial charge in [0, 0.05) is 48.0 Å². The number of hydrogen-bond acceptors (Lipinski definition) is 7. The number of benzene rings is 3. The molecule has 5 rings (SSSR count). The quantitative estimate of drug-likeness (QED) is 0.348. The second kappa shape index (κ2) is 10.8. The summed E-state index contributed by atoms with van der Waals surface area (Å²) in [5.41, 5.74) is 4.15. The summed E-state index contributed by atoms with van der Waals surface area (Å²) in [4.78, 5) is 12.0. The topological polar surface area (TPSA) is 96.5 Å². The van der Waals surface area contributed by atoms with Gasteiger partial charge in [0.25, 0.3) is 0 Å². The fraction of sp³-hybridized carbons (Fsp3) is 0.310. The van der Waals surface area contributed by atoms with E-state index in [1.165, 1.54) is 5.56 Å². The van der Waals surface area contributed by atoms with Crippen LogP contribution < -0.4 is 10.0 Å². The van der Waals surface area contributed by atoms with Gasteiger partial charge in [0.2, 0.25) is 16.0 Å². The van der Waals surface area contributed by atoms with Crippen molar-refractivity contribution in [1.29, 1.82) is 0 Å². The van der Waals surface area contributed by atoms with Crippen LogP contribution in [0.15, 0.2) is 77.8 Å². The Hall–Kier alpha value is -3.37. The van der Waals surface area contributed by atoms with Crippen molar-refractivity contribution >= 4 is 32.6 Å². The minimum atomic E-state index is -3.61. The average molecular weight is 532 g/mol. The highest BCUT2D eigenvalue weighted by Gasteiger charge is 2.22. The highest BCUT2D eigenvalue weighted by Crippen LogP contribution is 2.29. The van der Waals surface area contributed by atoms with Crippen LogP contribution in [-0.2, 0) is 21.3 Å².